The number of fused-ring (bicyclic) bond motifs is 1. The lowest BCUT2D eigenvalue weighted by atomic mass is 10.0. The average molecular weight is 388 g/mol. The average Bonchev–Trinajstić information content (AvgIpc) is 2.65. The summed E-state index contributed by atoms with van der Waals surface area (Å²) in [6.45, 7) is 2.77. The fraction of sp³-hybridized carbons (Fsp3) is 0.350. The molecule has 1 amide bonds. The molecule has 27 heavy (non-hydrogen) atoms. The van der Waals surface area contributed by atoms with Gasteiger partial charge in [-0.05, 0) is 55.7 Å². The first-order valence-electron chi connectivity index (χ1n) is 8.99. The van der Waals surface area contributed by atoms with E-state index in [4.69, 9.17) is 4.74 Å². The zero-order valence-corrected chi connectivity index (χ0v) is 16.4. The van der Waals surface area contributed by atoms with E-state index in [-0.39, 0.29) is 12.5 Å². The smallest absolute Gasteiger partial charge is 0.247 e. The minimum absolute atomic E-state index is 0.235. The number of benzene rings is 2. The molecule has 3 rings (SSSR count). The van der Waals surface area contributed by atoms with Crippen LogP contribution in [0.1, 0.15) is 18.9 Å². The van der Waals surface area contributed by atoms with E-state index >= 15 is 0 Å². The number of carbonyl (C=O) groups excluding carboxylic acids is 1. The summed E-state index contributed by atoms with van der Waals surface area (Å²) in [6, 6.07) is 14.5. The Morgan fingerprint density at radius 3 is 2.52 bits per heavy atom. The second kappa shape index (κ2) is 8.00. The van der Waals surface area contributed by atoms with Gasteiger partial charge in [-0.3, -0.25) is 9.10 Å². The molecule has 0 aliphatic carbocycles. The zero-order valence-electron chi connectivity index (χ0n) is 15.6. The van der Waals surface area contributed by atoms with Crippen LogP contribution < -0.4 is 13.9 Å². The van der Waals surface area contributed by atoms with Gasteiger partial charge in [0.25, 0.3) is 0 Å². The van der Waals surface area contributed by atoms with Crippen LogP contribution in [-0.2, 0) is 21.2 Å². The Morgan fingerprint density at radius 2 is 1.85 bits per heavy atom. The Morgan fingerprint density at radius 1 is 1.15 bits per heavy atom. The van der Waals surface area contributed by atoms with Crippen LogP contribution in [0.2, 0.25) is 0 Å². The second-order valence-electron chi connectivity index (χ2n) is 6.47. The Balaban J connectivity index is 1.85. The first-order chi connectivity index (χ1) is 12.9. The number of amides is 1. The van der Waals surface area contributed by atoms with Gasteiger partial charge >= 0.3 is 0 Å². The fourth-order valence-electron chi connectivity index (χ4n) is 3.28. The van der Waals surface area contributed by atoms with Crippen LogP contribution in [0.25, 0.3) is 0 Å². The van der Waals surface area contributed by atoms with Crippen molar-refractivity contribution >= 4 is 27.3 Å². The van der Waals surface area contributed by atoms with Gasteiger partial charge in [0.05, 0.1) is 18.6 Å². The van der Waals surface area contributed by atoms with Crippen LogP contribution in [0.3, 0.4) is 0 Å². The summed E-state index contributed by atoms with van der Waals surface area (Å²) in [5.41, 5.74) is 2.43. The van der Waals surface area contributed by atoms with Crippen LogP contribution in [0.5, 0.6) is 5.75 Å². The molecule has 6 nitrogen and oxygen atoms in total. The Hall–Kier alpha value is -2.54. The van der Waals surface area contributed by atoms with Crippen molar-refractivity contribution in [3.05, 3.63) is 54.1 Å². The van der Waals surface area contributed by atoms with E-state index in [0.717, 1.165) is 34.7 Å². The van der Waals surface area contributed by atoms with Gasteiger partial charge in [0.2, 0.25) is 15.9 Å². The Kier molecular flexibility index (Phi) is 5.70. The van der Waals surface area contributed by atoms with Gasteiger partial charge in [0.1, 0.15) is 12.3 Å². The van der Waals surface area contributed by atoms with E-state index in [1.807, 2.05) is 31.2 Å². The topological polar surface area (TPSA) is 66.9 Å². The third kappa shape index (κ3) is 4.42. The molecule has 0 radical (unpaired) electrons. The number of hydrogen-bond donors (Lipinski definition) is 0. The molecule has 7 heteroatoms. The quantitative estimate of drug-likeness (QED) is 0.763. The van der Waals surface area contributed by atoms with E-state index in [0.29, 0.717) is 24.6 Å². The molecule has 0 aromatic heterocycles. The number of para-hydroxylation sites is 1. The van der Waals surface area contributed by atoms with Gasteiger partial charge in [0, 0.05) is 12.2 Å². The minimum Gasteiger partial charge on any atom is -0.494 e. The lowest BCUT2D eigenvalue weighted by Gasteiger charge is -2.31. The minimum atomic E-state index is -3.61. The highest BCUT2D eigenvalue weighted by Gasteiger charge is 2.27. The number of carbonyl (C=O) groups is 1. The Labute approximate surface area is 160 Å². The molecule has 0 N–H and O–H groups in total. The summed E-state index contributed by atoms with van der Waals surface area (Å²) in [5.74, 6) is 0.424. The zero-order chi connectivity index (χ0) is 19.4. The number of rotatable bonds is 6. The lowest BCUT2D eigenvalue weighted by molar-refractivity contribution is -0.117. The van der Waals surface area contributed by atoms with Crippen molar-refractivity contribution in [2.45, 2.75) is 19.8 Å². The third-order valence-corrected chi connectivity index (χ3v) is 5.67. The van der Waals surface area contributed by atoms with Crippen LogP contribution >= 0.6 is 0 Å². The molecule has 0 saturated heterocycles. The monoisotopic (exact) mass is 388 g/mol. The van der Waals surface area contributed by atoms with Gasteiger partial charge in [-0.2, -0.15) is 0 Å². The molecule has 0 saturated carbocycles. The first kappa shape index (κ1) is 19.2. The van der Waals surface area contributed by atoms with Gasteiger partial charge in [-0.1, -0.05) is 18.2 Å². The Bertz CT molecular complexity index is 910. The number of anilines is 2. The van der Waals surface area contributed by atoms with Gasteiger partial charge < -0.3 is 9.64 Å². The predicted octanol–water partition coefficient (Wildman–Crippen LogP) is 2.83. The summed E-state index contributed by atoms with van der Waals surface area (Å²) in [7, 11) is -3.61. The standard InChI is InChI=1S/C20H24N2O4S/c1-3-26-18-12-10-17(11-13-18)22(27(2,24)25)15-20(23)21-14-6-8-16-7-4-5-9-19(16)21/h4-5,7,9-13H,3,6,8,14-15H2,1-2H3. The van der Waals surface area contributed by atoms with Crippen molar-refractivity contribution in [1.29, 1.82) is 0 Å². The summed E-state index contributed by atoms with van der Waals surface area (Å²) < 4.78 is 31.2. The third-order valence-electron chi connectivity index (χ3n) is 4.53. The van der Waals surface area contributed by atoms with Gasteiger partial charge in [-0.25, -0.2) is 8.42 Å². The summed E-state index contributed by atoms with van der Waals surface area (Å²) in [5, 5.41) is 0. The van der Waals surface area contributed by atoms with Crippen molar-refractivity contribution in [2.24, 2.45) is 0 Å². The van der Waals surface area contributed by atoms with Crippen molar-refractivity contribution in [3.8, 4) is 5.75 Å². The van der Waals surface area contributed by atoms with Crippen molar-refractivity contribution in [1.82, 2.24) is 0 Å². The largest absolute Gasteiger partial charge is 0.494 e. The molecule has 0 bridgehead atoms. The molecule has 0 unspecified atom stereocenters. The molecule has 0 fully saturated rings. The highest BCUT2D eigenvalue weighted by atomic mass is 32.2. The number of hydrogen-bond acceptors (Lipinski definition) is 4. The van der Waals surface area contributed by atoms with E-state index in [1.165, 1.54) is 0 Å². The summed E-state index contributed by atoms with van der Waals surface area (Å²) >= 11 is 0. The van der Waals surface area contributed by atoms with Crippen LogP contribution in [0.15, 0.2) is 48.5 Å². The first-order valence-corrected chi connectivity index (χ1v) is 10.8. The van der Waals surface area contributed by atoms with E-state index in [2.05, 4.69) is 0 Å². The van der Waals surface area contributed by atoms with Crippen molar-refractivity contribution < 1.29 is 17.9 Å². The van der Waals surface area contributed by atoms with E-state index in [9.17, 15) is 13.2 Å². The summed E-state index contributed by atoms with van der Waals surface area (Å²) in [4.78, 5) is 14.6. The molecular weight excluding hydrogens is 364 g/mol. The predicted molar refractivity (Wildman–Crippen MR) is 107 cm³/mol. The molecule has 0 spiro atoms. The fourth-order valence-corrected chi connectivity index (χ4v) is 4.13. The van der Waals surface area contributed by atoms with Gasteiger partial charge in [-0.15, -0.1) is 0 Å². The number of ether oxygens (including phenoxy) is 1. The maximum Gasteiger partial charge on any atom is 0.247 e. The van der Waals surface area contributed by atoms with Gasteiger partial charge in [0.15, 0.2) is 0 Å². The molecule has 2 aromatic carbocycles. The lowest BCUT2D eigenvalue weighted by Crippen LogP contribution is -2.44. The SMILES string of the molecule is CCOc1ccc(N(CC(=O)N2CCCc3ccccc32)S(C)(=O)=O)cc1. The summed E-state index contributed by atoms with van der Waals surface area (Å²) in [6.07, 6.45) is 2.90. The molecule has 1 aliphatic rings. The highest BCUT2D eigenvalue weighted by Crippen LogP contribution is 2.28. The number of nitrogens with zero attached hydrogens (tertiary/aromatic N) is 2. The molecular formula is C20H24N2O4S. The van der Waals surface area contributed by atoms with Crippen LogP contribution in [-0.4, -0.2) is 40.3 Å². The maximum atomic E-state index is 13.0. The van der Waals surface area contributed by atoms with E-state index < -0.39 is 10.0 Å². The van der Waals surface area contributed by atoms with Crippen molar-refractivity contribution in [3.63, 3.8) is 0 Å². The molecule has 1 heterocycles. The van der Waals surface area contributed by atoms with Crippen LogP contribution in [0.4, 0.5) is 11.4 Å². The molecule has 0 atom stereocenters. The molecule has 144 valence electrons. The highest BCUT2D eigenvalue weighted by molar-refractivity contribution is 7.92. The molecule has 2 aromatic rings. The maximum absolute atomic E-state index is 13.0. The number of sulfonamides is 1. The normalized spacial score (nSPS) is 13.8. The molecule has 1 aliphatic heterocycles. The van der Waals surface area contributed by atoms with Crippen LogP contribution in [0, 0.1) is 0 Å². The van der Waals surface area contributed by atoms with Crippen molar-refractivity contribution in [2.75, 3.05) is 35.2 Å². The van der Waals surface area contributed by atoms with E-state index in [1.54, 1.807) is 29.2 Å². The second-order valence-corrected chi connectivity index (χ2v) is 8.38. The number of aryl methyl sites for hydroxylation is 1.